The second kappa shape index (κ2) is 16.2. The van der Waals surface area contributed by atoms with Crippen molar-refractivity contribution in [2.24, 2.45) is 0 Å². The van der Waals surface area contributed by atoms with E-state index in [2.05, 4.69) is 5.32 Å². The van der Waals surface area contributed by atoms with Gasteiger partial charge in [0.25, 0.3) is 10.0 Å². The van der Waals surface area contributed by atoms with Crippen LogP contribution in [0.3, 0.4) is 0 Å². The highest BCUT2D eigenvalue weighted by Gasteiger charge is 2.35. The first-order valence-corrected chi connectivity index (χ1v) is 17.2. The van der Waals surface area contributed by atoms with Gasteiger partial charge in [-0.25, -0.2) is 12.8 Å². The molecular formula is C37H42FN3O5S. The van der Waals surface area contributed by atoms with Gasteiger partial charge >= 0.3 is 0 Å². The molecule has 4 rings (SSSR count). The lowest BCUT2D eigenvalue weighted by Crippen LogP contribution is -2.54. The molecule has 0 spiro atoms. The lowest BCUT2D eigenvalue weighted by Gasteiger charge is -2.34. The van der Waals surface area contributed by atoms with Crippen molar-refractivity contribution < 1.29 is 27.1 Å². The van der Waals surface area contributed by atoms with Gasteiger partial charge in [-0.1, -0.05) is 73.2 Å². The minimum absolute atomic E-state index is 0.0367. The van der Waals surface area contributed by atoms with E-state index in [0.29, 0.717) is 18.8 Å². The third-order valence-corrected chi connectivity index (χ3v) is 9.68. The zero-order valence-corrected chi connectivity index (χ0v) is 28.0. The molecule has 0 bridgehead atoms. The van der Waals surface area contributed by atoms with Crippen LogP contribution in [0.15, 0.2) is 108 Å². The van der Waals surface area contributed by atoms with E-state index in [9.17, 15) is 18.0 Å². The Labute approximate surface area is 277 Å². The van der Waals surface area contributed by atoms with Crippen molar-refractivity contribution in [3.05, 3.63) is 126 Å². The number of ether oxygens (including phenoxy) is 1. The summed E-state index contributed by atoms with van der Waals surface area (Å²) in [5, 5.41) is 2.98. The number of amides is 2. The van der Waals surface area contributed by atoms with Crippen LogP contribution in [0.5, 0.6) is 5.75 Å². The fourth-order valence-corrected chi connectivity index (χ4v) is 6.46. The van der Waals surface area contributed by atoms with Gasteiger partial charge in [0.05, 0.1) is 17.2 Å². The molecule has 0 aromatic heterocycles. The summed E-state index contributed by atoms with van der Waals surface area (Å²) in [5.74, 6) is -1.10. The van der Waals surface area contributed by atoms with Gasteiger partial charge in [-0.3, -0.25) is 13.9 Å². The van der Waals surface area contributed by atoms with E-state index >= 15 is 4.39 Å². The molecule has 248 valence electrons. The maximum absolute atomic E-state index is 15.1. The molecule has 0 aliphatic rings. The summed E-state index contributed by atoms with van der Waals surface area (Å²) >= 11 is 0. The second-order valence-corrected chi connectivity index (χ2v) is 13.3. The number of hydrogen-bond donors (Lipinski definition) is 1. The Bertz CT molecular complexity index is 1730. The van der Waals surface area contributed by atoms with Crippen LogP contribution in [0.2, 0.25) is 0 Å². The average Bonchev–Trinajstić information content (AvgIpc) is 3.07. The van der Waals surface area contributed by atoms with Crippen LogP contribution >= 0.6 is 0 Å². The van der Waals surface area contributed by atoms with Crippen LogP contribution in [0.1, 0.15) is 43.9 Å². The standard InChI is InChI=1S/C37H42FN3O5S/c1-5-28(4)39-37(43)35(24-29-12-8-7-9-13-29)40(25-30-14-10-11-15-34(30)38)36(42)26-41(31-18-16-27(3)17-19-31)47(44,45)33-22-20-32(21-23-33)46-6-2/h7-23,28,35H,5-6,24-26H2,1-4H3,(H,39,43)/t28-,35-/m0/s1. The van der Waals surface area contributed by atoms with Crippen LogP contribution in [-0.4, -0.2) is 50.4 Å². The lowest BCUT2D eigenvalue weighted by molar-refractivity contribution is -0.140. The molecule has 2 amide bonds. The van der Waals surface area contributed by atoms with Crippen LogP contribution in [0.4, 0.5) is 10.1 Å². The van der Waals surface area contributed by atoms with E-state index in [1.165, 1.54) is 23.1 Å². The number of nitrogens with one attached hydrogen (secondary N) is 1. The molecule has 4 aromatic rings. The van der Waals surface area contributed by atoms with Crippen molar-refractivity contribution in [1.82, 2.24) is 10.2 Å². The summed E-state index contributed by atoms with van der Waals surface area (Å²) in [5.41, 5.74) is 2.17. The predicted octanol–water partition coefficient (Wildman–Crippen LogP) is 6.28. The molecule has 0 aliphatic heterocycles. The van der Waals surface area contributed by atoms with Crippen LogP contribution < -0.4 is 14.4 Å². The minimum Gasteiger partial charge on any atom is -0.494 e. The number of anilines is 1. The second-order valence-electron chi connectivity index (χ2n) is 11.4. The topological polar surface area (TPSA) is 96.0 Å². The maximum atomic E-state index is 15.1. The van der Waals surface area contributed by atoms with Gasteiger partial charge in [-0.2, -0.15) is 0 Å². The number of carbonyl (C=O) groups is 2. The van der Waals surface area contributed by atoms with Gasteiger partial charge in [0.2, 0.25) is 11.8 Å². The molecule has 0 unspecified atom stereocenters. The van der Waals surface area contributed by atoms with Crippen molar-refractivity contribution in [3.63, 3.8) is 0 Å². The number of nitrogens with zero attached hydrogens (tertiary/aromatic N) is 2. The van der Waals surface area contributed by atoms with E-state index in [0.717, 1.165) is 15.4 Å². The third kappa shape index (κ3) is 9.19. The molecule has 1 N–H and O–H groups in total. The smallest absolute Gasteiger partial charge is 0.264 e. The third-order valence-electron chi connectivity index (χ3n) is 7.89. The van der Waals surface area contributed by atoms with Gasteiger partial charge in [0, 0.05) is 24.6 Å². The van der Waals surface area contributed by atoms with E-state index in [1.54, 1.807) is 54.6 Å². The Kier molecular flexibility index (Phi) is 12.1. The van der Waals surface area contributed by atoms with Gasteiger partial charge in [0.15, 0.2) is 0 Å². The molecule has 0 saturated heterocycles. The average molecular weight is 660 g/mol. The van der Waals surface area contributed by atoms with E-state index in [-0.39, 0.29) is 35.2 Å². The first-order valence-electron chi connectivity index (χ1n) is 15.7. The highest BCUT2D eigenvalue weighted by atomic mass is 32.2. The summed E-state index contributed by atoms with van der Waals surface area (Å²) in [6, 6.07) is 26.8. The van der Waals surface area contributed by atoms with Crippen molar-refractivity contribution in [2.45, 2.75) is 64.1 Å². The SMILES string of the molecule is CCOc1ccc(S(=O)(=O)N(CC(=O)N(Cc2ccccc2F)[C@@H](Cc2ccccc2)C(=O)N[C@@H](C)CC)c2ccc(C)cc2)cc1. The summed E-state index contributed by atoms with van der Waals surface area (Å²) < 4.78 is 50.0. The molecule has 4 aromatic carbocycles. The zero-order chi connectivity index (χ0) is 34.0. The molecule has 47 heavy (non-hydrogen) atoms. The molecule has 0 aliphatic carbocycles. The van der Waals surface area contributed by atoms with E-state index in [1.807, 2.05) is 58.0 Å². The van der Waals surface area contributed by atoms with E-state index < -0.39 is 40.2 Å². The van der Waals surface area contributed by atoms with Crippen LogP contribution in [0, 0.1) is 12.7 Å². The molecule has 0 saturated carbocycles. The van der Waals surface area contributed by atoms with Gasteiger partial charge in [-0.05, 0) is 75.2 Å². The van der Waals surface area contributed by atoms with Gasteiger partial charge in [-0.15, -0.1) is 0 Å². The fraction of sp³-hybridized carbons (Fsp3) is 0.297. The predicted molar refractivity (Wildman–Crippen MR) is 182 cm³/mol. The van der Waals surface area contributed by atoms with Crippen molar-refractivity contribution >= 4 is 27.5 Å². The Morgan fingerprint density at radius 3 is 2.13 bits per heavy atom. The number of aryl methyl sites for hydroxylation is 1. The number of benzene rings is 4. The number of hydrogen-bond acceptors (Lipinski definition) is 5. The molecule has 0 heterocycles. The first-order chi connectivity index (χ1) is 22.5. The number of rotatable bonds is 15. The highest BCUT2D eigenvalue weighted by molar-refractivity contribution is 7.92. The summed E-state index contributed by atoms with van der Waals surface area (Å²) in [4.78, 5) is 29.7. The number of halogens is 1. The van der Waals surface area contributed by atoms with Gasteiger partial charge < -0.3 is 15.0 Å². The van der Waals surface area contributed by atoms with E-state index in [4.69, 9.17) is 4.74 Å². The highest BCUT2D eigenvalue weighted by Crippen LogP contribution is 2.27. The summed E-state index contributed by atoms with van der Waals surface area (Å²) in [6.07, 6.45) is 0.798. The molecule has 0 radical (unpaired) electrons. The Morgan fingerprint density at radius 1 is 0.872 bits per heavy atom. The first kappa shape index (κ1) is 35.2. The van der Waals surface area contributed by atoms with Crippen molar-refractivity contribution in [3.8, 4) is 5.75 Å². The van der Waals surface area contributed by atoms with Crippen LogP contribution in [-0.2, 0) is 32.6 Å². The van der Waals surface area contributed by atoms with Crippen molar-refractivity contribution in [1.29, 1.82) is 0 Å². The fourth-order valence-electron chi connectivity index (χ4n) is 5.05. The monoisotopic (exact) mass is 659 g/mol. The van der Waals surface area contributed by atoms with Gasteiger partial charge in [0.1, 0.15) is 24.2 Å². The molecule has 10 heteroatoms. The normalized spacial score (nSPS) is 12.5. The number of sulfonamides is 1. The summed E-state index contributed by atoms with van der Waals surface area (Å²) in [7, 11) is -4.28. The minimum atomic E-state index is -4.28. The van der Waals surface area contributed by atoms with Crippen LogP contribution in [0.25, 0.3) is 0 Å². The number of carbonyl (C=O) groups excluding carboxylic acids is 2. The molecule has 8 nitrogen and oxygen atoms in total. The molecular weight excluding hydrogens is 617 g/mol. The maximum Gasteiger partial charge on any atom is 0.264 e. The Morgan fingerprint density at radius 2 is 1.51 bits per heavy atom. The molecule has 0 fully saturated rings. The van der Waals surface area contributed by atoms with Crippen molar-refractivity contribution in [2.75, 3.05) is 17.5 Å². The summed E-state index contributed by atoms with van der Waals surface area (Å²) in [6.45, 7) is 7.05. The lowest BCUT2D eigenvalue weighted by atomic mass is 10.0. The quantitative estimate of drug-likeness (QED) is 0.162. The zero-order valence-electron chi connectivity index (χ0n) is 27.2. The Balaban J connectivity index is 1.80. The largest absolute Gasteiger partial charge is 0.494 e. The Hall–Kier alpha value is -4.70. The molecule has 2 atom stereocenters.